The molecule has 6 nitrogen and oxygen atoms in total. The Morgan fingerprint density at radius 2 is 1.91 bits per heavy atom. The molecule has 22 heavy (non-hydrogen) atoms. The zero-order valence-electron chi connectivity index (χ0n) is 13.4. The van der Waals surface area contributed by atoms with Crippen LogP contribution in [0.25, 0.3) is 0 Å². The Bertz CT molecular complexity index is 491. The third-order valence-electron chi connectivity index (χ3n) is 6.08. The number of carbonyl (C=O) groups is 2. The molecule has 0 aromatic carbocycles. The summed E-state index contributed by atoms with van der Waals surface area (Å²) >= 11 is 0. The van der Waals surface area contributed by atoms with Crippen molar-refractivity contribution >= 4 is 11.9 Å². The fourth-order valence-corrected chi connectivity index (χ4v) is 4.66. The van der Waals surface area contributed by atoms with E-state index in [1.807, 2.05) is 0 Å². The van der Waals surface area contributed by atoms with Gasteiger partial charge in [-0.3, -0.25) is 4.79 Å². The van der Waals surface area contributed by atoms with Crippen molar-refractivity contribution in [2.45, 2.75) is 25.3 Å². The molecular weight excluding hydrogens is 282 g/mol. The van der Waals surface area contributed by atoms with Crippen LogP contribution in [0.1, 0.15) is 19.3 Å². The average molecular weight is 307 g/mol. The monoisotopic (exact) mass is 307 g/mol. The summed E-state index contributed by atoms with van der Waals surface area (Å²) in [4.78, 5) is 27.9. The highest BCUT2D eigenvalue weighted by molar-refractivity contribution is 5.83. The molecule has 1 spiro atoms. The summed E-state index contributed by atoms with van der Waals surface area (Å²) in [5.41, 5.74) is 0.264. The normalized spacial score (nSPS) is 42.0. The van der Waals surface area contributed by atoms with Crippen LogP contribution in [0, 0.1) is 23.2 Å². The van der Waals surface area contributed by atoms with Crippen molar-refractivity contribution in [3.63, 3.8) is 0 Å². The Balaban J connectivity index is 1.27. The molecule has 0 aromatic rings. The minimum atomic E-state index is -0.0171. The molecule has 0 bridgehead atoms. The maximum Gasteiger partial charge on any atom is 0.317 e. The average Bonchev–Trinajstić information content (AvgIpc) is 2.82. The van der Waals surface area contributed by atoms with Crippen LogP contribution >= 0.6 is 0 Å². The van der Waals surface area contributed by atoms with E-state index in [2.05, 4.69) is 10.2 Å². The Labute approximate surface area is 131 Å². The quantitative estimate of drug-likeness (QED) is 0.809. The molecule has 0 aromatic heterocycles. The number of likely N-dealkylation sites (tertiary alicyclic amines) is 1. The molecule has 2 saturated carbocycles. The van der Waals surface area contributed by atoms with E-state index in [4.69, 9.17) is 4.74 Å². The van der Waals surface area contributed by atoms with Crippen molar-refractivity contribution in [1.29, 1.82) is 0 Å². The molecule has 2 heterocycles. The van der Waals surface area contributed by atoms with Crippen molar-refractivity contribution in [1.82, 2.24) is 15.1 Å². The molecule has 4 aliphatic rings. The van der Waals surface area contributed by atoms with Gasteiger partial charge < -0.3 is 19.9 Å². The third kappa shape index (κ3) is 2.19. The molecule has 2 aliphatic heterocycles. The molecule has 1 N–H and O–H groups in total. The number of rotatable bonds is 2. The fraction of sp³-hybridized carbons (Fsp3) is 0.875. The van der Waals surface area contributed by atoms with Gasteiger partial charge in [0, 0.05) is 39.1 Å². The zero-order valence-corrected chi connectivity index (χ0v) is 13.4. The SMILES string of the molecule is CN(C)C(=O)NC1CC2(CCN(C(=O)C3[C@H]4COC[C@@H]34)C2)C1. The molecule has 6 heteroatoms. The molecule has 0 radical (unpaired) electrons. The topological polar surface area (TPSA) is 61.9 Å². The number of hydrogen-bond donors (Lipinski definition) is 1. The van der Waals surface area contributed by atoms with Crippen molar-refractivity contribution in [3.05, 3.63) is 0 Å². The van der Waals surface area contributed by atoms with Crippen LogP contribution in [-0.4, -0.2) is 68.2 Å². The summed E-state index contributed by atoms with van der Waals surface area (Å²) in [6.07, 6.45) is 3.11. The Kier molecular flexibility index (Phi) is 3.15. The third-order valence-corrected chi connectivity index (χ3v) is 6.08. The van der Waals surface area contributed by atoms with Gasteiger partial charge in [-0.15, -0.1) is 0 Å². The van der Waals surface area contributed by atoms with Crippen LogP contribution in [0.4, 0.5) is 4.79 Å². The van der Waals surface area contributed by atoms with Gasteiger partial charge in [-0.2, -0.15) is 0 Å². The fourth-order valence-electron chi connectivity index (χ4n) is 4.66. The number of carbonyl (C=O) groups excluding carboxylic acids is 2. The maximum atomic E-state index is 12.6. The van der Waals surface area contributed by atoms with Gasteiger partial charge in [0.15, 0.2) is 0 Å². The van der Waals surface area contributed by atoms with Crippen LogP contribution in [0.5, 0.6) is 0 Å². The maximum absolute atomic E-state index is 12.6. The summed E-state index contributed by atoms with van der Waals surface area (Å²) < 4.78 is 5.38. The number of fused-ring (bicyclic) bond motifs is 1. The van der Waals surface area contributed by atoms with Crippen LogP contribution in [0.2, 0.25) is 0 Å². The Hall–Kier alpha value is -1.30. The highest BCUT2D eigenvalue weighted by Crippen LogP contribution is 2.54. The number of ether oxygens (including phenoxy) is 1. The molecule has 4 rings (SSSR count). The van der Waals surface area contributed by atoms with E-state index in [9.17, 15) is 9.59 Å². The second kappa shape index (κ2) is 4.85. The minimum Gasteiger partial charge on any atom is -0.381 e. The van der Waals surface area contributed by atoms with Gasteiger partial charge in [0.2, 0.25) is 5.91 Å². The molecule has 2 aliphatic carbocycles. The first kappa shape index (κ1) is 14.3. The molecule has 2 saturated heterocycles. The van der Waals surface area contributed by atoms with Crippen LogP contribution < -0.4 is 5.32 Å². The summed E-state index contributed by atoms with van der Waals surface area (Å²) in [5.74, 6) is 1.60. The van der Waals surface area contributed by atoms with Crippen molar-refractivity contribution in [2.24, 2.45) is 23.2 Å². The summed E-state index contributed by atoms with van der Waals surface area (Å²) in [6.45, 7) is 3.33. The van der Waals surface area contributed by atoms with Crippen molar-refractivity contribution in [3.8, 4) is 0 Å². The molecule has 122 valence electrons. The molecule has 3 atom stereocenters. The second-order valence-corrected chi connectivity index (χ2v) is 7.85. The van der Waals surface area contributed by atoms with Crippen molar-refractivity contribution < 1.29 is 14.3 Å². The first-order valence-electron chi connectivity index (χ1n) is 8.33. The minimum absolute atomic E-state index is 0.0171. The van der Waals surface area contributed by atoms with E-state index in [1.54, 1.807) is 19.0 Å². The summed E-state index contributed by atoms with van der Waals surface area (Å²) in [6, 6.07) is 0.259. The van der Waals surface area contributed by atoms with Crippen LogP contribution in [-0.2, 0) is 9.53 Å². The Morgan fingerprint density at radius 1 is 1.23 bits per heavy atom. The van der Waals surface area contributed by atoms with Crippen molar-refractivity contribution in [2.75, 3.05) is 40.4 Å². The first-order valence-corrected chi connectivity index (χ1v) is 8.33. The lowest BCUT2D eigenvalue weighted by molar-refractivity contribution is -0.133. The van der Waals surface area contributed by atoms with E-state index in [1.165, 1.54) is 0 Å². The number of amides is 3. The van der Waals surface area contributed by atoms with E-state index in [-0.39, 0.29) is 23.4 Å². The summed E-state index contributed by atoms with van der Waals surface area (Å²) in [5, 5.41) is 3.05. The first-order chi connectivity index (χ1) is 10.5. The molecular formula is C16H25N3O3. The molecule has 1 unspecified atom stereocenters. The largest absolute Gasteiger partial charge is 0.381 e. The van der Waals surface area contributed by atoms with Gasteiger partial charge in [0.1, 0.15) is 0 Å². The molecule has 3 amide bonds. The van der Waals surface area contributed by atoms with Gasteiger partial charge in [-0.1, -0.05) is 0 Å². The van der Waals surface area contributed by atoms with Gasteiger partial charge in [-0.25, -0.2) is 4.79 Å². The highest BCUT2D eigenvalue weighted by Gasteiger charge is 2.60. The van der Waals surface area contributed by atoms with Gasteiger partial charge in [0.05, 0.1) is 13.2 Å². The van der Waals surface area contributed by atoms with Gasteiger partial charge in [-0.05, 0) is 36.5 Å². The number of hydrogen-bond acceptors (Lipinski definition) is 3. The lowest BCUT2D eigenvalue weighted by Gasteiger charge is -2.45. The number of nitrogens with one attached hydrogen (secondary N) is 1. The van der Waals surface area contributed by atoms with E-state index >= 15 is 0 Å². The van der Waals surface area contributed by atoms with E-state index in [0.717, 1.165) is 45.6 Å². The standard InChI is InChI=1S/C16H25N3O3/c1-18(2)15(21)17-10-5-16(6-10)3-4-19(9-16)14(20)13-11-7-22-8-12(11)13/h10-13H,3-9H2,1-2H3,(H,17,21)/t10?,11-,12+,13?,16?. The number of nitrogens with zero attached hydrogens (tertiary/aromatic N) is 2. The lowest BCUT2D eigenvalue weighted by Crippen LogP contribution is -2.54. The van der Waals surface area contributed by atoms with Crippen LogP contribution in [0.3, 0.4) is 0 Å². The predicted octanol–water partition coefficient (Wildman–Crippen LogP) is 0.531. The zero-order chi connectivity index (χ0) is 15.5. The van der Waals surface area contributed by atoms with Gasteiger partial charge >= 0.3 is 6.03 Å². The number of urea groups is 1. The molecule has 4 fully saturated rings. The van der Waals surface area contributed by atoms with Gasteiger partial charge in [0.25, 0.3) is 0 Å². The summed E-state index contributed by atoms with van der Waals surface area (Å²) in [7, 11) is 3.52. The van der Waals surface area contributed by atoms with Crippen LogP contribution in [0.15, 0.2) is 0 Å². The Morgan fingerprint density at radius 3 is 2.55 bits per heavy atom. The predicted molar refractivity (Wildman–Crippen MR) is 80.2 cm³/mol. The second-order valence-electron chi connectivity index (χ2n) is 7.85. The lowest BCUT2D eigenvalue weighted by atomic mass is 9.65. The van der Waals surface area contributed by atoms with E-state index < -0.39 is 0 Å². The smallest absolute Gasteiger partial charge is 0.317 e. The van der Waals surface area contributed by atoms with E-state index in [0.29, 0.717) is 17.7 Å². The highest BCUT2D eigenvalue weighted by atomic mass is 16.5.